The lowest BCUT2D eigenvalue weighted by Gasteiger charge is -2.13. The van der Waals surface area contributed by atoms with Crippen LogP contribution in [0.15, 0.2) is 97.3 Å². The third-order valence-corrected chi connectivity index (χ3v) is 3.70. The van der Waals surface area contributed by atoms with E-state index in [0.717, 1.165) is 23.1 Å². The number of aromatic nitrogens is 2. The monoisotopic (exact) mass is 300 g/mol. The predicted molar refractivity (Wildman–Crippen MR) is 91.6 cm³/mol. The fourth-order valence-corrected chi connectivity index (χ4v) is 2.61. The summed E-state index contributed by atoms with van der Waals surface area (Å²) in [5.74, 6) is 1.57. The molecule has 0 atom stereocenters. The molecule has 2 heterocycles. The molecule has 0 unspecified atom stereocenters. The van der Waals surface area contributed by atoms with Gasteiger partial charge in [-0.15, -0.1) is 0 Å². The quantitative estimate of drug-likeness (QED) is 0.515. The van der Waals surface area contributed by atoms with Crippen LogP contribution in [-0.2, 0) is 0 Å². The van der Waals surface area contributed by atoms with Crippen LogP contribution in [0.5, 0.6) is 11.8 Å². The SMILES string of the molecule is c1ccc(-n2cccc2Oc2cccn2-c2ccccc2)cc1. The molecule has 0 aliphatic heterocycles. The molecule has 0 aliphatic carbocycles. The van der Waals surface area contributed by atoms with Gasteiger partial charge in [0.2, 0.25) is 11.8 Å². The second kappa shape index (κ2) is 5.89. The van der Waals surface area contributed by atoms with Gasteiger partial charge in [-0.2, -0.15) is 0 Å². The molecule has 112 valence electrons. The standard InChI is InChI=1S/C20H16N2O/c1-3-9-17(10-4-1)21-15-7-13-19(21)23-20-14-8-16-22(20)18-11-5-2-6-12-18/h1-16H. The Hall–Kier alpha value is -3.20. The molecular weight excluding hydrogens is 284 g/mol. The van der Waals surface area contributed by atoms with Crippen molar-refractivity contribution in [3.8, 4) is 23.1 Å². The molecule has 0 fully saturated rings. The van der Waals surface area contributed by atoms with Crippen molar-refractivity contribution in [1.29, 1.82) is 0 Å². The maximum Gasteiger partial charge on any atom is 0.206 e. The Morgan fingerprint density at radius 2 is 0.913 bits per heavy atom. The average Bonchev–Trinajstić information content (AvgIpc) is 3.26. The van der Waals surface area contributed by atoms with Crippen molar-refractivity contribution in [3.63, 3.8) is 0 Å². The zero-order valence-electron chi connectivity index (χ0n) is 12.5. The van der Waals surface area contributed by atoms with E-state index in [1.54, 1.807) is 0 Å². The maximum atomic E-state index is 6.16. The van der Waals surface area contributed by atoms with Gasteiger partial charge >= 0.3 is 0 Å². The molecule has 0 bridgehead atoms. The van der Waals surface area contributed by atoms with Crippen LogP contribution >= 0.6 is 0 Å². The first-order chi connectivity index (χ1) is 11.4. The fourth-order valence-electron chi connectivity index (χ4n) is 2.61. The second-order valence-corrected chi connectivity index (χ2v) is 5.21. The van der Waals surface area contributed by atoms with E-state index < -0.39 is 0 Å². The minimum atomic E-state index is 0.784. The Morgan fingerprint density at radius 3 is 1.35 bits per heavy atom. The highest BCUT2D eigenvalue weighted by molar-refractivity contribution is 5.41. The molecule has 0 radical (unpaired) electrons. The zero-order valence-corrected chi connectivity index (χ0v) is 12.5. The lowest BCUT2D eigenvalue weighted by Crippen LogP contribution is -2.00. The molecule has 23 heavy (non-hydrogen) atoms. The van der Waals surface area contributed by atoms with Crippen LogP contribution in [-0.4, -0.2) is 9.13 Å². The number of hydrogen-bond acceptors (Lipinski definition) is 1. The van der Waals surface area contributed by atoms with Gasteiger partial charge in [0, 0.05) is 35.9 Å². The molecule has 3 heteroatoms. The van der Waals surface area contributed by atoms with E-state index in [4.69, 9.17) is 4.74 Å². The number of nitrogens with zero attached hydrogens (tertiary/aromatic N) is 2. The van der Waals surface area contributed by atoms with Crippen molar-refractivity contribution in [2.75, 3.05) is 0 Å². The summed E-state index contributed by atoms with van der Waals surface area (Å²) in [6.45, 7) is 0. The van der Waals surface area contributed by atoms with Gasteiger partial charge in [0.15, 0.2) is 0 Å². The van der Waals surface area contributed by atoms with Crippen LogP contribution in [0.4, 0.5) is 0 Å². The smallest absolute Gasteiger partial charge is 0.206 e. The van der Waals surface area contributed by atoms with Crippen molar-refractivity contribution in [2.45, 2.75) is 0 Å². The molecule has 0 aliphatic rings. The molecule has 4 aromatic rings. The third kappa shape index (κ3) is 2.64. The number of hydrogen-bond donors (Lipinski definition) is 0. The van der Waals surface area contributed by atoms with Crippen LogP contribution in [0.3, 0.4) is 0 Å². The van der Waals surface area contributed by atoms with Crippen molar-refractivity contribution >= 4 is 0 Å². The molecule has 0 saturated heterocycles. The Balaban J connectivity index is 1.69. The van der Waals surface area contributed by atoms with E-state index in [1.165, 1.54) is 0 Å². The highest BCUT2D eigenvalue weighted by Gasteiger charge is 2.09. The first-order valence-corrected chi connectivity index (χ1v) is 7.55. The summed E-state index contributed by atoms with van der Waals surface area (Å²) in [6, 6.07) is 28.2. The van der Waals surface area contributed by atoms with E-state index in [2.05, 4.69) is 24.3 Å². The van der Waals surface area contributed by atoms with E-state index in [0.29, 0.717) is 0 Å². The normalized spacial score (nSPS) is 10.6. The van der Waals surface area contributed by atoms with Crippen LogP contribution in [0.2, 0.25) is 0 Å². The Bertz CT molecular complexity index is 816. The van der Waals surface area contributed by atoms with Crippen LogP contribution in [0.1, 0.15) is 0 Å². The summed E-state index contributed by atoms with van der Waals surface area (Å²) >= 11 is 0. The minimum absolute atomic E-state index is 0.784. The van der Waals surface area contributed by atoms with Crippen LogP contribution in [0.25, 0.3) is 11.4 Å². The van der Waals surface area contributed by atoms with Crippen molar-refractivity contribution < 1.29 is 4.74 Å². The number of ether oxygens (including phenoxy) is 1. The lowest BCUT2D eigenvalue weighted by molar-refractivity contribution is 0.427. The van der Waals surface area contributed by atoms with E-state index in [9.17, 15) is 0 Å². The summed E-state index contributed by atoms with van der Waals surface area (Å²) in [5.41, 5.74) is 2.15. The Morgan fingerprint density at radius 1 is 0.478 bits per heavy atom. The van der Waals surface area contributed by atoms with Gasteiger partial charge in [-0.25, -0.2) is 0 Å². The summed E-state index contributed by atoms with van der Waals surface area (Å²) < 4.78 is 10.2. The second-order valence-electron chi connectivity index (χ2n) is 5.21. The molecule has 0 saturated carbocycles. The average molecular weight is 300 g/mol. The first-order valence-electron chi connectivity index (χ1n) is 7.55. The van der Waals surface area contributed by atoms with Gasteiger partial charge < -0.3 is 4.74 Å². The molecule has 0 spiro atoms. The summed E-state index contributed by atoms with van der Waals surface area (Å²) in [4.78, 5) is 0. The Labute approximate surface area is 135 Å². The van der Waals surface area contributed by atoms with Crippen LogP contribution in [0, 0.1) is 0 Å². The number of rotatable bonds is 4. The van der Waals surface area contributed by atoms with Crippen molar-refractivity contribution in [3.05, 3.63) is 97.3 Å². The Kier molecular flexibility index (Phi) is 3.45. The lowest BCUT2D eigenvalue weighted by atomic mass is 10.3. The third-order valence-electron chi connectivity index (χ3n) is 3.70. The predicted octanol–water partition coefficient (Wildman–Crippen LogP) is 5.06. The number of benzene rings is 2. The summed E-state index contributed by atoms with van der Waals surface area (Å²) in [7, 11) is 0. The van der Waals surface area contributed by atoms with Gasteiger partial charge in [0.05, 0.1) is 0 Å². The zero-order chi connectivity index (χ0) is 15.5. The molecule has 0 N–H and O–H groups in total. The van der Waals surface area contributed by atoms with Gasteiger partial charge in [-0.1, -0.05) is 36.4 Å². The molecule has 2 aromatic carbocycles. The highest BCUT2D eigenvalue weighted by Crippen LogP contribution is 2.27. The molecule has 3 nitrogen and oxygen atoms in total. The number of para-hydroxylation sites is 2. The van der Waals surface area contributed by atoms with E-state index in [1.807, 2.05) is 82.2 Å². The van der Waals surface area contributed by atoms with Gasteiger partial charge in [0.1, 0.15) is 0 Å². The van der Waals surface area contributed by atoms with Crippen LogP contribution < -0.4 is 4.74 Å². The van der Waals surface area contributed by atoms with Crippen molar-refractivity contribution in [1.82, 2.24) is 9.13 Å². The molecular formula is C20H16N2O. The fraction of sp³-hybridized carbons (Fsp3) is 0. The van der Waals surface area contributed by atoms with Crippen molar-refractivity contribution in [2.24, 2.45) is 0 Å². The van der Waals surface area contributed by atoms with Gasteiger partial charge in [-0.05, 0) is 36.4 Å². The largest absolute Gasteiger partial charge is 0.424 e. The summed E-state index contributed by atoms with van der Waals surface area (Å²) in [6.07, 6.45) is 4.00. The van der Waals surface area contributed by atoms with Gasteiger partial charge in [-0.3, -0.25) is 9.13 Å². The molecule has 2 aromatic heterocycles. The maximum absolute atomic E-state index is 6.16. The van der Waals surface area contributed by atoms with E-state index in [-0.39, 0.29) is 0 Å². The summed E-state index contributed by atoms with van der Waals surface area (Å²) in [5, 5.41) is 0. The van der Waals surface area contributed by atoms with E-state index >= 15 is 0 Å². The molecule has 4 rings (SSSR count). The van der Waals surface area contributed by atoms with Gasteiger partial charge in [0.25, 0.3) is 0 Å². The topological polar surface area (TPSA) is 19.1 Å². The first kappa shape index (κ1) is 13.5. The highest BCUT2D eigenvalue weighted by atomic mass is 16.5. The molecule has 0 amide bonds. The minimum Gasteiger partial charge on any atom is -0.424 e.